The molecule has 22 aromatic carbocycles. The third kappa shape index (κ3) is 11.7. The highest BCUT2D eigenvalue weighted by Crippen LogP contribution is 2.57. The molecule has 0 spiro atoms. The highest BCUT2D eigenvalue weighted by molar-refractivity contribution is 7.87. The Kier molecular flexibility index (Phi) is 17.6. The molecule has 0 aliphatic carbocycles. The van der Waals surface area contributed by atoms with Gasteiger partial charge in [0, 0.05) is 103 Å². The third-order valence-corrected chi connectivity index (χ3v) is 40.0. The van der Waals surface area contributed by atoms with Crippen molar-refractivity contribution in [3.8, 4) is 66.9 Å². The van der Waals surface area contributed by atoms with Crippen molar-refractivity contribution in [3.05, 3.63) is 473 Å². The Morgan fingerprint density at radius 1 is 0.189 bits per heavy atom. The monoisotopic (exact) mass is 1880 g/mol. The molecule has 0 unspecified atom stereocenters. The van der Waals surface area contributed by atoms with E-state index < -0.39 is 21.4 Å². The molecule has 143 heavy (non-hydrogen) atoms. The smallest absolute Gasteiger partial charge is 0.173 e. The maximum atomic E-state index is 15.5. The first-order chi connectivity index (χ1) is 70.6. The summed E-state index contributed by atoms with van der Waals surface area (Å²) in [5.41, 5.74) is 25.3. The maximum Gasteiger partial charge on any atom is 0.173 e. The summed E-state index contributed by atoms with van der Waals surface area (Å²) in [5, 5.41) is 30.2. The summed E-state index contributed by atoms with van der Waals surface area (Å²) in [4.78, 5) is 20.3. The van der Waals surface area contributed by atoms with Gasteiger partial charge in [-0.1, -0.05) is 376 Å². The van der Waals surface area contributed by atoms with Gasteiger partial charge >= 0.3 is 0 Å². The highest BCUT2D eigenvalue weighted by atomic mass is 31.2. The molecule has 10 nitrogen and oxygen atoms in total. The van der Waals surface area contributed by atoms with E-state index >= 15 is 9.13 Å². The molecule has 10 heterocycles. The maximum absolute atomic E-state index is 15.5. The Balaban J connectivity index is 0.000000100. The van der Waals surface area contributed by atoms with Crippen molar-refractivity contribution >= 4 is 238 Å². The van der Waals surface area contributed by atoms with E-state index in [4.69, 9.17) is 19.9 Å². The van der Waals surface area contributed by atoms with Gasteiger partial charge in [0.2, 0.25) is 0 Å². The van der Waals surface area contributed by atoms with Crippen LogP contribution in [0.2, 0.25) is 0 Å². The number of imidazole rings is 3. The van der Waals surface area contributed by atoms with E-state index in [0.717, 1.165) is 224 Å². The van der Waals surface area contributed by atoms with Crippen LogP contribution < -0.4 is 47.7 Å². The minimum atomic E-state index is -3.11. The number of hydrogen-bond donors (Lipinski definition) is 0. The van der Waals surface area contributed by atoms with Gasteiger partial charge in [0.25, 0.3) is 0 Å². The van der Waals surface area contributed by atoms with Crippen LogP contribution in [0.4, 0.5) is 0 Å². The van der Waals surface area contributed by atoms with Crippen molar-refractivity contribution in [1.29, 1.82) is 0 Å². The predicted molar refractivity (Wildman–Crippen MR) is 600 cm³/mol. The Bertz CT molecular complexity index is 10700. The first-order valence-corrected chi connectivity index (χ1v) is 53.6. The average molecular weight is 1880 g/mol. The van der Waals surface area contributed by atoms with Gasteiger partial charge in [0.05, 0.1) is 55.3 Å². The molecule has 0 amide bonds. The van der Waals surface area contributed by atoms with Crippen molar-refractivity contribution in [2.45, 2.75) is 0 Å². The van der Waals surface area contributed by atoms with Gasteiger partial charge in [0.15, 0.2) is 21.4 Å². The molecule has 0 radical (unpaired) electrons. The Hall–Kier alpha value is -17.6. The predicted octanol–water partition coefficient (Wildman–Crippen LogP) is 29.4. The number of aromatic nitrogens is 7. The van der Waals surface area contributed by atoms with Crippen LogP contribution in [0.5, 0.6) is 0 Å². The van der Waals surface area contributed by atoms with E-state index in [9.17, 15) is 4.57 Å². The SMILES string of the molecule is O=P1(c2ccc(-c3ccc4c(ccc5c6ccccc6c6nc7ccccc7n6c45)c3)nc2)c2ccccc2-c2ccccc21.O=P1(c2ccc(-c3ccc4c5ccc6ccccc6c5c5nc6ccccc6n5c4c3)c3ccccc23)c2ccccc2-c2ccccc21.O=P1(c2ccc3cc(-c4ccc5c6c7ccccc7ccc6c6nc7ccccc7n6c5c4)ccc3c2)c2ccccc2-c2ccccc21. The van der Waals surface area contributed by atoms with Crippen molar-refractivity contribution in [2.24, 2.45) is 0 Å². The molecular formula is C130H78N7O3P3. The molecule has 7 aromatic heterocycles. The van der Waals surface area contributed by atoms with Crippen LogP contribution in [0.3, 0.4) is 0 Å². The zero-order chi connectivity index (χ0) is 94.2. The summed E-state index contributed by atoms with van der Waals surface area (Å²) in [5.74, 6) is 0. The Labute approximate surface area is 819 Å². The van der Waals surface area contributed by atoms with E-state index in [2.05, 4.69) is 365 Å². The van der Waals surface area contributed by atoms with Crippen LogP contribution in [0.1, 0.15) is 0 Å². The minimum Gasteiger partial charge on any atom is -0.309 e. The Morgan fingerprint density at radius 2 is 0.580 bits per heavy atom. The average Bonchev–Trinajstić information content (AvgIpc) is 1.57. The highest BCUT2D eigenvalue weighted by Gasteiger charge is 2.44. The second-order valence-electron chi connectivity index (χ2n) is 37.9. The van der Waals surface area contributed by atoms with Crippen LogP contribution >= 0.6 is 21.4 Å². The number of fused-ring (bicyclic) bond motifs is 41. The van der Waals surface area contributed by atoms with E-state index in [-0.39, 0.29) is 0 Å². The van der Waals surface area contributed by atoms with E-state index in [1.807, 2.05) is 121 Å². The molecule has 0 bridgehead atoms. The quantitative estimate of drug-likeness (QED) is 0.120. The fraction of sp³-hybridized carbons (Fsp3) is 0. The van der Waals surface area contributed by atoms with E-state index in [1.54, 1.807) is 0 Å². The lowest BCUT2D eigenvalue weighted by atomic mass is 9.95. The fourth-order valence-corrected chi connectivity index (χ4v) is 33.4. The lowest BCUT2D eigenvalue weighted by Crippen LogP contribution is -2.21. The van der Waals surface area contributed by atoms with Crippen LogP contribution in [-0.4, -0.2) is 33.1 Å². The van der Waals surface area contributed by atoms with E-state index in [1.165, 1.54) is 59.2 Å². The minimum absolute atomic E-state index is 0.761. The molecule has 0 saturated heterocycles. The summed E-state index contributed by atoms with van der Waals surface area (Å²) < 4.78 is 52.4. The van der Waals surface area contributed by atoms with Crippen LogP contribution in [0.15, 0.2) is 473 Å². The van der Waals surface area contributed by atoms with Gasteiger partial charge in [-0.15, -0.1) is 0 Å². The van der Waals surface area contributed by atoms with Gasteiger partial charge in [-0.3, -0.25) is 18.2 Å². The second kappa shape index (κ2) is 30.9. The third-order valence-electron chi connectivity index (χ3n) is 30.5. The van der Waals surface area contributed by atoms with Crippen LogP contribution in [0, 0.1) is 0 Å². The molecule has 3 aliphatic heterocycles. The lowest BCUT2D eigenvalue weighted by Gasteiger charge is -2.20. The van der Waals surface area contributed by atoms with Gasteiger partial charge < -0.3 is 13.7 Å². The van der Waals surface area contributed by atoms with Gasteiger partial charge in [-0.25, -0.2) is 15.0 Å². The number of rotatable bonds is 6. The molecule has 0 atom stereocenters. The normalized spacial score (nSPS) is 13.6. The number of pyridine rings is 4. The number of hydrogen-bond acceptors (Lipinski definition) is 7. The molecule has 32 rings (SSSR count). The van der Waals surface area contributed by atoms with Crippen molar-refractivity contribution < 1.29 is 13.7 Å². The lowest BCUT2D eigenvalue weighted by molar-refractivity contribution is 0.592. The summed E-state index contributed by atoms with van der Waals surface area (Å²) in [6.45, 7) is 0. The molecule has 3 aliphatic rings. The summed E-state index contributed by atoms with van der Waals surface area (Å²) in [6.07, 6.45) is 1.81. The Morgan fingerprint density at radius 3 is 1.19 bits per heavy atom. The fourth-order valence-electron chi connectivity index (χ4n) is 24.1. The molecule has 0 N–H and O–H groups in total. The van der Waals surface area contributed by atoms with Crippen molar-refractivity contribution in [2.75, 3.05) is 0 Å². The summed E-state index contributed by atoms with van der Waals surface area (Å²) in [7, 11) is -9.11. The summed E-state index contributed by atoms with van der Waals surface area (Å²) in [6, 6.07) is 163. The van der Waals surface area contributed by atoms with Crippen molar-refractivity contribution in [1.82, 2.24) is 33.1 Å². The molecule has 13 heteroatoms. The zero-order valence-corrected chi connectivity index (χ0v) is 79.4. The van der Waals surface area contributed by atoms with E-state index in [0.29, 0.717) is 0 Å². The molecule has 0 saturated carbocycles. The van der Waals surface area contributed by atoms with Gasteiger partial charge in [-0.05, 0) is 206 Å². The largest absolute Gasteiger partial charge is 0.309 e. The first kappa shape index (κ1) is 81.4. The van der Waals surface area contributed by atoms with Gasteiger partial charge in [0.1, 0.15) is 16.9 Å². The topological polar surface area (TPSA) is 116 Å². The zero-order valence-electron chi connectivity index (χ0n) is 76.7. The number of benzene rings is 22. The molecule has 29 aromatic rings. The van der Waals surface area contributed by atoms with Crippen LogP contribution in [-0.2, 0) is 13.7 Å². The standard InChI is InChI=1S/2C45H27N2OP.C40H24N3OP/c48-49(42-15-7-3-11-35(42)36-12-4-8-16-43(36)49)33-22-19-30-25-29(17-18-31(30)26-33)32-21-23-37-41(27-32)47-40-14-6-5-13-39(40)46-45(47)38-24-20-28-9-1-2-10-34(28)44(37)38;48-49(41-19-9-5-15-35(41)36-16-6-10-20-42(36)49)43-26-25-30(32-13-3-4-14-34(32)43)29-22-23-33-37-24-21-28-11-1-2-12-31(28)44(37)45-46-38-17-7-8-18-39(38)47(45)40(33)27-29;44-45(37-15-7-3-10-30(37)31-11-4-8-16-38(31)45)27-19-22-34(41-24-27)26-18-20-28-25(23-26)17-21-32-29-9-1-2-12-33(29)40-42-35-13-5-6-14-36(35)43(40)39(28)32/h2*1-27H;1-24H. The van der Waals surface area contributed by atoms with Crippen LogP contribution in [0.25, 0.3) is 236 Å². The number of para-hydroxylation sites is 6. The summed E-state index contributed by atoms with van der Waals surface area (Å²) >= 11 is 0. The van der Waals surface area contributed by atoms with Crippen molar-refractivity contribution in [3.63, 3.8) is 0 Å². The second-order valence-corrected chi connectivity index (χ2v) is 45.9. The van der Waals surface area contributed by atoms with Gasteiger partial charge in [-0.2, -0.15) is 0 Å². The molecule has 0 fully saturated rings. The number of nitrogens with zero attached hydrogens (tertiary/aromatic N) is 7. The first-order valence-electron chi connectivity index (χ1n) is 48.4. The molecule has 666 valence electrons. The molecular weight excluding hydrogens is 1800 g/mol.